The van der Waals surface area contributed by atoms with Gasteiger partial charge in [0.15, 0.2) is 0 Å². The summed E-state index contributed by atoms with van der Waals surface area (Å²) in [6.45, 7) is 1.62. The molecule has 0 amide bonds. The van der Waals surface area contributed by atoms with Gasteiger partial charge in [0.2, 0.25) is 10.0 Å². The van der Waals surface area contributed by atoms with E-state index in [2.05, 4.69) is 15.9 Å². The van der Waals surface area contributed by atoms with Gasteiger partial charge in [-0.05, 0) is 54.8 Å². The molecular weight excluding hydrogens is 547 g/mol. The van der Waals surface area contributed by atoms with Crippen LogP contribution in [0.1, 0.15) is 36.1 Å². The maximum atomic E-state index is 14.3. The molecule has 34 heavy (non-hydrogen) atoms. The number of hydrogen-bond donors (Lipinski definition) is 0. The second-order valence-electron chi connectivity index (χ2n) is 8.46. The maximum absolute atomic E-state index is 14.3. The van der Waals surface area contributed by atoms with Crippen molar-refractivity contribution in [2.45, 2.75) is 24.0 Å². The molecule has 1 heterocycles. The first-order valence-electron chi connectivity index (χ1n) is 10.3. The molecule has 1 aromatic heterocycles. The average molecular weight is 564 g/mol. The van der Waals surface area contributed by atoms with E-state index in [1.54, 1.807) is 43.4 Å². The van der Waals surface area contributed by atoms with Crippen LogP contribution >= 0.6 is 27.5 Å². The van der Waals surface area contributed by atoms with Crippen molar-refractivity contribution >= 4 is 43.2 Å². The van der Waals surface area contributed by atoms with Crippen molar-refractivity contribution in [1.82, 2.24) is 3.97 Å². The van der Waals surface area contributed by atoms with Crippen molar-refractivity contribution in [2.75, 3.05) is 0 Å². The predicted molar refractivity (Wildman–Crippen MR) is 132 cm³/mol. The van der Waals surface area contributed by atoms with Gasteiger partial charge in [-0.15, -0.1) is 0 Å². The molecule has 2 unspecified atom stereocenters. The van der Waals surface area contributed by atoms with Crippen LogP contribution < -0.4 is 0 Å². The molecule has 0 aliphatic heterocycles. The highest BCUT2D eigenvalue weighted by atomic mass is 79.9. The van der Waals surface area contributed by atoms with Gasteiger partial charge in [0.05, 0.1) is 22.1 Å². The van der Waals surface area contributed by atoms with Gasteiger partial charge in [-0.2, -0.15) is 0 Å². The monoisotopic (exact) mass is 562 g/mol. The van der Waals surface area contributed by atoms with Crippen LogP contribution in [0.3, 0.4) is 0 Å². The molecule has 10 heteroatoms. The van der Waals surface area contributed by atoms with Crippen LogP contribution in [-0.2, 0) is 10.0 Å². The van der Waals surface area contributed by atoms with Crippen molar-refractivity contribution < 1.29 is 17.7 Å². The van der Waals surface area contributed by atoms with E-state index >= 15 is 0 Å². The summed E-state index contributed by atoms with van der Waals surface area (Å²) in [7, 11) is -4.04. The Hall–Kier alpha value is -2.75. The Morgan fingerprint density at radius 1 is 1.24 bits per heavy atom. The van der Waals surface area contributed by atoms with Crippen LogP contribution in [0.5, 0.6) is 0 Å². The van der Waals surface area contributed by atoms with Gasteiger partial charge >= 0.3 is 0 Å². The van der Waals surface area contributed by atoms with Crippen LogP contribution in [0.2, 0.25) is 5.02 Å². The molecule has 0 saturated carbocycles. The van der Waals surface area contributed by atoms with Crippen molar-refractivity contribution in [3.05, 3.63) is 109 Å². The third-order valence-electron chi connectivity index (χ3n) is 6.38. The summed E-state index contributed by atoms with van der Waals surface area (Å²) in [5, 5.41) is 12.1. The number of nitrogens with zero attached hydrogens (tertiary/aromatic N) is 2. The summed E-state index contributed by atoms with van der Waals surface area (Å²) in [6, 6.07) is 10.00. The lowest BCUT2D eigenvalue weighted by Gasteiger charge is -2.29. The first kappa shape index (κ1) is 23.0. The number of nitro groups is 1. The van der Waals surface area contributed by atoms with E-state index in [0.717, 1.165) is 0 Å². The van der Waals surface area contributed by atoms with Gasteiger partial charge < -0.3 is 0 Å². The summed E-state index contributed by atoms with van der Waals surface area (Å²) < 4.78 is 42.9. The van der Waals surface area contributed by atoms with Crippen LogP contribution in [0.15, 0.2) is 71.4 Å². The first-order chi connectivity index (χ1) is 16.0. The Morgan fingerprint density at radius 3 is 2.71 bits per heavy atom. The molecule has 6 nitrogen and oxygen atoms in total. The topological polar surface area (TPSA) is 82.2 Å². The van der Waals surface area contributed by atoms with Gasteiger partial charge in [-0.25, -0.2) is 16.8 Å². The molecule has 0 bridgehead atoms. The molecule has 174 valence electrons. The lowest BCUT2D eigenvalue weighted by atomic mass is 9.90. The highest BCUT2D eigenvalue weighted by molar-refractivity contribution is 9.11. The van der Waals surface area contributed by atoms with Crippen molar-refractivity contribution in [1.29, 1.82) is 0 Å². The molecular formula is C24H17BrClFN2O4S. The fourth-order valence-electron chi connectivity index (χ4n) is 4.78. The number of halogens is 3. The molecule has 0 saturated heterocycles. The number of aromatic nitrogens is 1. The summed E-state index contributed by atoms with van der Waals surface area (Å²) in [5.41, 5.74) is 1.73. The van der Waals surface area contributed by atoms with E-state index in [9.17, 15) is 22.9 Å². The largest absolute Gasteiger partial charge is 0.274 e. The number of allylic oxidation sites excluding steroid dienone is 3. The van der Waals surface area contributed by atoms with E-state index < -0.39 is 31.4 Å². The fraction of sp³-hybridized carbons (Fsp3) is 0.167. The number of nitro benzene ring substituents is 1. The quantitative estimate of drug-likeness (QED) is 0.209. The molecule has 0 radical (unpaired) electrons. The van der Waals surface area contributed by atoms with Gasteiger partial charge in [0.25, 0.3) is 5.69 Å². The van der Waals surface area contributed by atoms with E-state index in [1.807, 2.05) is 0 Å². The summed E-state index contributed by atoms with van der Waals surface area (Å²) >= 11 is 9.81. The molecule has 2 aliphatic rings. The van der Waals surface area contributed by atoms with Crippen LogP contribution in [-0.4, -0.2) is 22.1 Å². The Morgan fingerprint density at radius 2 is 2.00 bits per heavy atom. The SMILES string of the molecule is CC1(S(=O)(=O)n2ccc3c2C(c2cc(F)ccc2Cl)c2c-3cccc2[N+](=O)[O-])C=C(Br)C=CC1. The second-order valence-corrected chi connectivity index (χ2v) is 12.1. The number of benzene rings is 2. The fourth-order valence-corrected chi connectivity index (χ4v) is 7.57. The molecule has 5 rings (SSSR count). The highest BCUT2D eigenvalue weighted by Crippen LogP contribution is 2.54. The first-order valence-corrected chi connectivity index (χ1v) is 12.9. The minimum absolute atomic E-state index is 0.183. The second kappa shape index (κ2) is 7.90. The summed E-state index contributed by atoms with van der Waals surface area (Å²) in [5.74, 6) is -1.53. The normalized spacial score (nSPS) is 21.2. The zero-order chi connectivity index (χ0) is 24.4. The summed E-state index contributed by atoms with van der Waals surface area (Å²) in [4.78, 5) is 11.4. The molecule has 2 aliphatic carbocycles. The smallest absolute Gasteiger partial charge is 0.258 e. The van der Waals surface area contributed by atoms with Crippen LogP contribution in [0, 0.1) is 15.9 Å². The Kier molecular flexibility index (Phi) is 5.34. The zero-order valence-corrected chi connectivity index (χ0v) is 20.9. The molecule has 2 atom stereocenters. The number of fused-ring (bicyclic) bond motifs is 3. The van der Waals surface area contributed by atoms with E-state index in [1.165, 1.54) is 34.4 Å². The van der Waals surface area contributed by atoms with E-state index in [4.69, 9.17) is 11.6 Å². The molecule has 0 spiro atoms. The molecule has 0 N–H and O–H groups in total. The zero-order valence-electron chi connectivity index (χ0n) is 17.7. The average Bonchev–Trinajstić information content (AvgIpc) is 3.34. The van der Waals surface area contributed by atoms with Crippen molar-refractivity contribution in [3.8, 4) is 11.1 Å². The molecule has 3 aromatic rings. The van der Waals surface area contributed by atoms with Crippen LogP contribution in [0.4, 0.5) is 10.1 Å². The highest BCUT2D eigenvalue weighted by Gasteiger charge is 2.45. The Bertz CT molecular complexity index is 1550. The van der Waals surface area contributed by atoms with Gasteiger partial charge in [-0.3, -0.25) is 10.1 Å². The maximum Gasteiger partial charge on any atom is 0.274 e. The molecule has 0 fully saturated rings. The third-order valence-corrected chi connectivity index (χ3v) is 9.52. The van der Waals surface area contributed by atoms with E-state index in [0.29, 0.717) is 26.9 Å². The lowest BCUT2D eigenvalue weighted by molar-refractivity contribution is -0.385. The standard InChI is InChI=1S/C24H17BrClFN2O4S/c1-24(10-3-4-14(25)13-24)34(32,33)28-11-9-17-16-5-2-6-20(29(30)31)21(16)22(23(17)28)18-12-15(27)7-8-19(18)26/h2-9,11-13,22H,10H2,1H3. The Balaban J connectivity index is 1.83. The van der Waals surface area contributed by atoms with Gasteiger partial charge in [0.1, 0.15) is 10.6 Å². The van der Waals surface area contributed by atoms with Crippen molar-refractivity contribution in [3.63, 3.8) is 0 Å². The van der Waals surface area contributed by atoms with Gasteiger partial charge in [0, 0.05) is 27.3 Å². The number of hydrogen-bond acceptors (Lipinski definition) is 4. The minimum atomic E-state index is -4.04. The van der Waals surface area contributed by atoms with Gasteiger partial charge in [-0.1, -0.05) is 51.8 Å². The minimum Gasteiger partial charge on any atom is -0.258 e. The predicted octanol–water partition coefficient (Wildman–Crippen LogP) is 6.52. The summed E-state index contributed by atoms with van der Waals surface area (Å²) in [6.07, 6.45) is 6.88. The third kappa shape index (κ3) is 3.29. The number of rotatable bonds is 4. The van der Waals surface area contributed by atoms with Crippen LogP contribution in [0.25, 0.3) is 11.1 Å². The lowest BCUT2D eigenvalue weighted by Crippen LogP contribution is -2.39. The van der Waals surface area contributed by atoms with E-state index in [-0.39, 0.29) is 22.7 Å². The van der Waals surface area contributed by atoms with Crippen molar-refractivity contribution in [2.24, 2.45) is 0 Å². The molecule has 2 aromatic carbocycles. The Labute approximate surface area is 208 Å².